The van der Waals surface area contributed by atoms with Gasteiger partial charge in [-0.05, 0) is 12.5 Å². The van der Waals surface area contributed by atoms with Gasteiger partial charge < -0.3 is 16.8 Å². The molecule has 0 aliphatic heterocycles. The fourth-order valence-electron chi connectivity index (χ4n) is 1.54. The second-order valence-electron chi connectivity index (χ2n) is 4.16. The van der Waals surface area contributed by atoms with E-state index in [2.05, 4.69) is 10.4 Å². The number of nitrogens with zero attached hydrogens (tertiary/aromatic N) is 2. The quantitative estimate of drug-likeness (QED) is 0.617. The van der Waals surface area contributed by atoms with Gasteiger partial charge in [0.1, 0.15) is 6.54 Å². The molecule has 0 saturated carbocycles. The molecule has 100 valence electrons. The second kappa shape index (κ2) is 6.75. The minimum Gasteiger partial charge on any atom is -0.368 e. The van der Waals surface area contributed by atoms with E-state index in [0.29, 0.717) is 18.7 Å². The summed E-state index contributed by atoms with van der Waals surface area (Å²) in [4.78, 5) is 22.4. The van der Waals surface area contributed by atoms with Crippen LogP contribution >= 0.6 is 0 Å². The number of carbonyl (C=O) groups excluding carboxylic acids is 2. The predicted molar refractivity (Wildman–Crippen MR) is 67.5 cm³/mol. The lowest BCUT2D eigenvalue weighted by molar-refractivity contribution is -0.119. The fourth-order valence-corrected chi connectivity index (χ4v) is 1.54. The Bertz CT molecular complexity index is 411. The highest BCUT2D eigenvalue weighted by Crippen LogP contribution is 2.10. The molecule has 5 N–H and O–H groups in total. The molecule has 0 saturated heterocycles. The van der Waals surface area contributed by atoms with Gasteiger partial charge in [-0.15, -0.1) is 0 Å². The van der Waals surface area contributed by atoms with Crippen LogP contribution in [0.15, 0.2) is 12.4 Å². The van der Waals surface area contributed by atoms with E-state index in [1.165, 1.54) is 10.9 Å². The van der Waals surface area contributed by atoms with Crippen molar-refractivity contribution in [3.8, 4) is 0 Å². The van der Waals surface area contributed by atoms with Crippen molar-refractivity contribution in [1.29, 1.82) is 0 Å². The summed E-state index contributed by atoms with van der Waals surface area (Å²) in [6.45, 7) is 2.48. The molecule has 0 aliphatic rings. The molecule has 1 unspecified atom stereocenters. The monoisotopic (exact) mass is 253 g/mol. The number of nitrogens with two attached hydrogens (primary N) is 2. The van der Waals surface area contributed by atoms with Crippen molar-refractivity contribution in [2.45, 2.75) is 26.3 Å². The number of primary amides is 1. The molecular weight excluding hydrogens is 234 g/mol. The first kappa shape index (κ1) is 14.2. The summed E-state index contributed by atoms with van der Waals surface area (Å²) in [6, 6.07) is 0. The first-order valence-corrected chi connectivity index (χ1v) is 5.85. The SMILES string of the molecule is CCC(CN)CC(=O)Nc1cnn(CC(N)=O)c1. The van der Waals surface area contributed by atoms with Crippen molar-refractivity contribution in [3.63, 3.8) is 0 Å². The summed E-state index contributed by atoms with van der Waals surface area (Å²) < 4.78 is 1.37. The highest BCUT2D eigenvalue weighted by molar-refractivity contribution is 5.90. The van der Waals surface area contributed by atoms with Gasteiger partial charge in [0.15, 0.2) is 0 Å². The second-order valence-corrected chi connectivity index (χ2v) is 4.16. The van der Waals surface area contributed by atoms with Crippen LogP contribution in [0.5, 0.6) is 0 Å². The zero-order valence-electron chi connectivity index (χ0n) is 10.4. The van der Waals surface area contributed by atoms with Crippen molar-refractivity contribution in [3.05, 3.63) is 12.4 Å². The van der Waals surface area contributed by atoms with Gasteiger partial charge in [-0.2, -0.15) is 5.10 Å². The number of hydrogen-bond donors (Lipinski definition) is 3. The maximum Gasteiger partial charge on any atom is 0.239 e. The number of carbonyl (C=O) groups is 2. The van der Waals surface area contributed by atoms with Crippen LogP contribution in [-0.4, -0.2) is 28.1 Å². The third-order valence-corrected chi connectivity index (χ3v) is 2.62. The van der Waals surface area contributed by atoms with Gasteiger partial charge in [0.2, 0.25) is 11.8 Å². The molecule has 0 aliphatic carbocycles. The van der Waals surface area contributed by atoms with Crippen LogP contribution in [0.2, 0.25) is 0 Å². The van der Waals surface area contributed by atoms with E-state index in [1.807, 2.05) is 6.92 Å². The fraction of sp³-hybridized carbons (Fsp3) is 0.545. The lowest BCUT2D eigenvalue weighted by Crippen LogP contribution is -2.21. The maximum absolute atomic E-state index is 11.7. The van der Waals surface area contributed by atoms with Gasteiger partial charge >= 0.3 is 0 Å². The lowest BCUT2D eigenvalue weighted by atomic mass is 10.0. The van der Waals surface area contributed by atoms with Gasteiger partial charge in [0.25, 0.3) is 0 Å². The van der Waals surface area contributed by atoms with Gasteiger partial charge in [-0.3, -0.25) is 14.3 Å². The third-order valence-electron chi connectivity index (χ3n) is 2.62. The Kier molecular flexibility index (Phi) is 5.31. The zero-order chi connectivity index (χ0) is 13.5. The minimum absolute atomic E-state index is 0.00371. The van der Waals surface area contributed by atoms with Crippen LogP contribution in [-0.2, 0) is 16.1 Å². The van der Waals surface area contributed by atoms with Crippen molar-refractivity contribution < 1.29 is 9.59 Å². The standard InChI is InChI=1S/C11H19N5O2/c1-2-8(4-12)3-11(18)15-9-5-14-16(6-9)7-10(13)17/h5-6,8H,2-4,7,12H2,1H3,(H2,13,17)(H,15,18). The van der Waals surface area contributed by atoms with Crippen LogP contribution < -0.4 is 16.8 Å². The number of anilines is 1. The highest BCUT2D eigenvalue weighted by Gasteiger charge is 2.11. The molecule has 0 radical (unpaired) electrons. The van der Waals surface area contributed by atoms with E-state index >= 15 is 0 Å². The van der Waals surface area contributed by atoms with E-state index < -0.39 is 5.91 Å². The lowest BCUT2D eigenvalue weighted by Gasteiger charge is -2.10. The molecule has 7 heteroatoms. The Balaban J connectivity index is 2.49. The van der Waals surface area contributed by atoms with Gasteiger partial charge in [-0.1, -0.05) is 13.3 Å². The van der Waals surface area contributed by atoms with E-state index in [9.17, 15) is 9.59 Å². The Morgan fingerprint density at radius 1 is 1.56 bits per heavy atom. The molecule has 18 heavy (non-hydrogen) atoms. The highest BCUT2D eigenvalue weighted by atomic mass is 16.2. The predicted octanol–water partition coefficient (Wildman–Crippen LogP) is -0.318. The first-order valence-electron chi connectivity index (χ1n) is 5.85. The Hall–Kier alpha value is -1.89. The number of rotatable bonds is 7. The molecule has 7 nitrogen and oxygen atoms in total. The summed E-state index contributed by atoms with van der Waals surface area (Å²) in [5, 5.41) is 6.61. The van der Waals surface area contributed by atoms with Crippen LogP contribution in [0.4, 0.5) is 5.69 Å². The molecule has 1 heterocycles. The van der Waals surface area contributed by atoms with Crippen molar-refractivity contribution >= 4 is 17.5 Å². The zero-order valence-corrected chi connectivity index (χ0v) is 10.4. The summed E-state index contributed by atoms with van der Waals surface area (Å²) >= 11 is 0. The largest absolute Gasteiger partial charge is 0.368 e. The number of nitrogens with one attached hydrogen (secondary N) is 1. The van der Waals surface area contributed by atoms with E-state index in [0.717, 1.165) is 6.42 Å². The topological polar surface area (TPSA) is 116 Å². The molecule has 1 rings (SSSR count). The Morgan fingerprint density at radius 3 is 2.83 bits per heavy atom. The van der Waals surface area contributed by atoms with Crippen LogP contribution in [0.25, 0.3) is 0 Å². The molecule has 0 spiro atoms. The molecule has 0 bridgehead atoms. The summed E-state index contributed by atoms with van der Waals surface area (Å²) in [5.41, 5.74) is 11.1. The first-order chi connectivity index (χ1) is 8.55. The van der Waals surface area contributed by atoms with Crippen molar-refractivity contribution in [2.24, 2.45) is 17.4 Å². The van der Waals surface area contributed by atoms with Gasteiger partial charge in [0, 0.05) is 12.6 Å². The molecule has 0 aromatic carbocycles. The van der Waals surface area contributed by atoms with Crippen molar-refractivity contribution in [1.82, 2.24) is 9.78 Å². The summed E-state index contributed by atoms with van der Waals surface area (Å²) in [5.74, 6) is -0.401. The average Bonchev–Trinajstić information content (AvgIpc) is 2.72. The molecule has 1 atom stereocenters. The average molecular weight is 253 g/mol. The minimum atomic E-state index is -0.481. The van der Waals surface area contributed by atoms with Gasteiger partial charge in [-0.25, -0.2) is 0 Å². The number of amides is 2. The van der Waals surface area contributed by atoms with Crippen LogP contribution in [0, 0.1) is 5.92 Å². The van der Waals surface area contributed by atoms with Gasteiger partial charge in [0.05, 0.1) is 11.9 Å². The maximum atomic E-state index is 11.7. The van der Waals surface area contributed by atoms with E-state index in [-0.39, 0.29) is 18.4 Å². The summed E-state index contributed by atoms with van der Waals surface area (Å²) in [6.07, 6.45) is 4.29. The van der Waals surface area contributed by atoms with E-state index in [4.69, 9.17) is 11.5 Å². The molecule has 0 fully saturated rings. The normalized spacial score (nSPS) is 12.1. The summed E-state index contributed by atoms with van der Waals surface area (Å²) in [7, 11) is 0. The van der Waals surface area contributed by atoms with Crippen LogP contribution in [0.3, 0.4) is 0 Å². The number of aromatic nitrogens is 2. The molecule has 2 amide bonds. The number of hydrogen-bond acceptors (Lipinski definition) is 4. The molecule has 1 aromatic heterocycles. The molecule has 1 aromatic rings. The third kappa shape index (κ3) is 4.54. The van der Waals surface area contributed by atoms with E-state index in [1.54, 1.807) is 6.20 Å². The van der Waals surface area contributed by atoms with Crippen LogP contribution in [0.1, 0.15) is 19.8 Å². The Labute approximate surface area is 106 Å². The van der Waals surface area contributed by atoms with Crippen molar-refractivity contribution in [2.75, 3.05) is 11.9 Å². The smallest absolute Gasteiger partial charge is 0.239 e. The molecular formula is C11H19N5O2. The Morgan fingerprint density at radius 2 is 2.28 bits per heavy atom.